The number of aliphatic hydroxyl groups is 1. The maximum Gasteiger partial charge on any atom is 0.129 e. The van der Waals surface area contributed by atoms with Crippen LogP contribution in [0.1, 0.15) is 6.42 Å². The highest BCUT2D eigenvalue weighted by Gasteiger charge is 2.45. The van der Waals surface area contributed by atoms with E-state index in [2.05, 4.69) is 7.05 Å². The molecule has 14 heavy (non-hydrogen) atoms. The van der Waals surface area contributed by atoms with Crippen molar-refractivity contribution in [1.82, 2.24) is 0 Å². The lowest BCUT2D eigenvalue weighted by Gasteiger charge is -2.54. The van der Waals surface area contributed by atoms with Crippen LogP contribution in [0.3, 0.4) is 0 Å². The van der Waals surface area contributed by atoms with Gasteiger partial charge in [0.1, 0.15) is 39.3 Å². The average molecular weight is 222 g/mol. The van der Waals surface area contributed by atoms with E-state index >= 15 is 0 Å². The van der Waals surface area contributed by atoms with Crippen molar-refractivity contribution in [3.63, 3.8) is 0 Å². The van der Waals surface area contributed by atoms with Gasteiger partial charge in [0.2, 0.25) is 0 Å². The monoisotopic (exact) mass is 221 g/mol. The minimum Gasteiger partial charge on any atom is -1.00 e. The molecular formula is C10H22ClN2O+. The normalized spacial score (nSPS) is 40.7. The van der Waals surface area contributed by atoms with Gasteiger partial charge in [-0.25, -0.2) is 0 Å². The van der Waals surface area contributed by atoms with Crippen molar-refractivity contribution in [3.8, 4) is 0 Å². The van der Waals surface area contributed by atoms with Crippen molar-refractivity contribution in [2.45, 2.75) is 6.42 Å². The molecule has 3 rings (SSSR count). The smallest absolute Gasteiger partial charge is 0.129 e. The third-order valence-electron chi connectivity index (χ3n) is 4.13. The van der Waals surface area contributed by atoms with Gasteiger partial charge in [0.05, 0.1) is 13.6 Å². The summed E-state index contributed by atoms with van der Waals surface area (Å²) in [6.07, 6.45) is 0.990. The lowest BCUT2D eigenvalue weighted by Crippen LogP contribution is -3.00. The van der Waals surface area contributed by atoms with E-state index in [1.54, 1.807) is 0 Å². The second kappa shape index (κ2) is 4.35. The molecule has 0 saturated carbocycles. The molecule has 0 spiro atoms. The first-order chi connectivity index (χ1) is 6.18. The fraction of sp³-hybridized carbons (Fsp3) is 1.00. The van der Waals surface area contributed by atoms with Crippen molar-refractivity contribution in [3.05, 3.63) is 0 Å². The molecule has 0 atom stereocenters. The topological polar surface area (TPSA) is 20.2 Å². The van der Waals surface area contributed by atoms with E-state index in [0.717, 1.165) is 6.42 Å². The van der Waals surface area contributed by atoms with Gasteiger partial charge < -0.3 is 26.5 Å². The SMILES string of the molecule is C[N+]12CC[N+](CCCO)(CC1)CC2.[Cl-]. The fourth-order valence-corrected chi connectivity index (χ4v) is 2.77. The van der Waals surface area contributed by atoms with Crippen LogP contribution in [0.4, 0.5) is 0 Å². The number of nitrogens with zero attached hydrogens (tertiary/aromatic N) is 2. The van der Waals surface area contributed by atoms with Crippen molar-refractivity contribution in [2.75, 3.05) is 59.5 Å². The summed E-state index contributed by atoms with van der Waals surface area (Å²) in [6.45, 7) is 9.66. The van der Waals surface area contributed by atoms with E-state index in [-0.39, 0.29) is 12.4 Å². The van der Waals surface area contributed by atoms with E-state index < -0.39 is 0 Å². The minimum absolute atomic E-state index is 0. The maximum atomic E-state index is 8.86. The van der Waals surface area contributed by atoms with Crippen molar-refractivity contribution in [1.29, 1.82) is 0 Å². The molecule has 0 aliphatic carbocycles. The van der Waals surface area contributed by atoms with Gasteiger partial charge in [-0.1, -0.05) is 0 Å². The van der Waals surface area contributed by atoms with Crippen molar-refractivity contribution >= 4 is 0 Å². The van der Waals surface area contributed by atoms with Crippen LogP contribution in [0.25, 0.3) is 0 Å². The number of aliphatic hydroxyl groups excluding tert-OH is 1. The number of rotatable bonds is 3. The molecule has 0 aromatic rings. The molecule has 3 heterocycles. The Morgan fingerprint density at radius 3 is 1.93 bits per heavy atom. The molecule has 3 aliphatic rings. The Morgan fingerprint density at radius 1 is 1.00 bits per heavy atom. The Morgan fingerprint density at radius 2 is 1.50 bits per heavy atom. The molecule has 3 fully saturated rings. The second-order valence-electron chi connectivity index (χ2n) is 5.10. The Hall–Kier alpha value is 0.170. The summed E-state index contributed by atoms with van der Waals surface area (Å²) in [4.78, 5) is 0. The van der Waals surface area contributed by atoms with Crippen LogP contribution in [0.15, 0.2) is 0 Å². The van der Waals surface area contributed by atoms with Crippen molar-refractivity contribution < 1.29 is 26.5 Å². The number of hydrogen-bond donors (Lipinski definition) is 1. The zero-order valence-corrected chi connectivity index (χ0v) is 9.84. The Labute approximate surface area is 92.9 Å². The van der Waals surface area contributed by atoms with Crippen LogP contribution in [-0.4, -0.2) is 73.5 Å². The molecule has 1 N–H and O–H groups in total. The molecule has 0 aromatic heterocycles. The van der Waals surface area contributed by atoms with Crippen LogP contribution in [0.2, 0.25) is 0 Å². The molecule has 0 radical (unpaired) electrons. The van der Waals surface area contributed by atoms with Crippen LogP contribution in [0.5, 0.6) is 0 Å². The number of halogens is 1. The van der Waals surface area contributed by atoms with E-state index in [1.165, 1.54) is 54.8 Å². The average Bonchev–Trinajstić information content (AvgIpc) is 2.18. The van der Waals surface area contributed by atoms with Gasteiger partial charge in [0, 0.05) is 13.0 Å². The standard InChI is InChI=1S/C10H22N2O.ClH/c1-11-4-7-12(8-5-11,9-6-11)3-2-10-13;/h13H,2-10H2,1H3;1H/q+2;/p-1. The summed E-state index contributed by atoms with van der Waals surface area (Å²) in [5, 5.41) is 8.86. The molecule has 4 heteroatoms. The Kier molecular flexibility index (Phi) is 3.81. The summed E-state index contributed by atoms with van der Waals surface area (Å²) in [6, 6.07) is 0. The van der Waals surface area contributed by atoms with Crippen LogP contribution >= 0.6 is 0 Å². The van der Waals surface area contributed by atoms with Gasteiger partial charge in [0.15, 0.2) is 0 Å². The Balaban J connectivity index is 0.000000980. The summed E-state index contributed by atoms with van der Waals surface area (Å²) in [5.74, 6) is 0. The highest BCUT2D eigenvalue weighted by atomic mass is 35.5. The summed E-state index contributed by atoms with van der Waals surface area (Å²) in [5.41, 5.74) is 0. The first-order valence-corrected chi connectivity index (χ1v) is 5.48. The van der Waals surface area contributed by atoms with Crippen LogP contribution < -0.4 is 12.4 Å². The predicted octanol–water partition coefficient (Wildman–Crippen LogP) is -3.34. The van der Waals surface area contributed by atoms with Crippen LogP contribution in [-0.2, 0) is 0 Å². The van der Waals surface area contributed by atoms with Crippen LogP contribution in [0, 0.1) is 0 Å². The largest absolute Gasteiger partial charge is 1.00 e. The van der Waals surface area contributed by atoms with Gasteiger partial charge in [-0.2, -0.15) is 0 Å². The van der Waals surface area contributed by atoms with Gasteiger partial charge in [0.25, 0.3) is 0 Å². The zero-order chi connectivity index (χ0) is 9.36. The third kappa shape index (κ3) is 2.22. The highest BCUT2D eigenvalue weighted by molar-refractivity contribution is 4.59. The lowest BCUT2D eigenvalue weighted by atomic mass is 10.1. The minimum atomic E-state index is 0. The summed E-state index contributed by atoms with van der Waals surface area (Å²) in [7, 11) is 2.39. The molecule has 0 amide bonds. The number of piperazine rings is 3. The molecule has 0 aromatic carbocycles. The van der Waals surface area contributed by atoms with Crippen molar-refractivity contribution in [2.24, 2.45) is 0 Å². The van der Waals surface area contributed by atoms with E-state index in [4.69, 9.17) is 5.11 Å². The quantitative estimate of drug-likeness (QED) is 0.495. The predicted molar refractivity (Wildman–Crippen MR) is 52.2 cm³/mol. The number of likely N-dealkylation sites (N-methyl/N-ethyl adjacent to an activating group) is 1. The number of quaternary nitrogens is 2. The second-order valence-corrected chi connectivity index (χ2v) is 5.10. The summed E-state index contributed by atoms with van der Waals surface area (Å²) < 4.78 is 2.60. The molecule has 3 saturated heterocycles. The molecule has 2 bridgehead atoms. The lowest BCUT2D eigenvalue weighted by molar-refractivity contribution is -1.07. The number of hydrogen-bond acceptors (Lipinski definition) is 1. The zero-order valence-electron chi connectivity index (χ0n) is 9.08. The first-order valence-electron chi connectivity index (χ1n) is 5.48. The van der Waals surface area contributed by atoms with E-state index in [0.29, 0.717) is 6.61 Å². The molecular weight excluding hydrogens is 200 g/mol. The van der Waals surface area contributed by atoms with Gasteiger partial charge in [-0.05, 0) is 0 Å². The maximum absolute atomic E-state index is 8.86. The van der Waals surface area contributed by atoms with Gasteiger partial charge in [-0.3, -0.25) is 0 Å². The molecule has 3 aliphatic heterocycles. The highest BCUT2D eigenvalue weighted by Crippen LogP contribution is 2.24. The molecule has 3 nitrogen and oxygen atoms in total. The van der Waals surface area contributed by atoms with E-state index in [9.17, 15) is 0 Å². The third-order valence-corrected chi connectivity index (χ3v) is 4.13. The fourth-order valence-electron chi connectivity index (χ4n) is 2.77. The van der Waals surface area contributed by atoms with Gasteiger partial charge in [-0.15, -0.1) is 0 Å². The van der Waals surface area contributed by atoms with Gasteiger partial charge >= 0.3 is 0 Å². The molecule has 0 unspecified atom stereocenters. The summed E-state index contributed by atoms with van der Waals surface area (Å²) >= 11 is 0. The van der Waals surface area contributed by atoms with E-state index in [1.807, 2.05) is 0 Å². The first kappa shape index (κ1) is 12.2. The Bertz CT molecular complexity index is 168. The molecule has 84 valence electrons. The number of fused-ring (bicyclic) bond motifs is 3.